The third kappa shape index (κ3) is 1.77. The van der Waals surface area contributed by atoms with Gasteiger partial charge in [-0.1, -0.05) is 0 Å². The van der Waals surface area contributed by atoms with Crippen LogP contribution in [-0.4, -0.2) is 36.8 Å². The third-order valence-electron chi connectivity index (χ3n) is 2.25. The Morgan fingerprint density at radius 1 is 1.25 bits per heavy atom. The summed E-state index contributed by atoms with van der Waals surface area (Å²) < 4.78 is 24.9. The lowest BCUT2D eigenvalue weighted by atomic mass is 10.2. The summed E-state index contributed by atoms with van der Waals surface area (Å²) in [5.74, 6) is 0. The predicted octanol–water partition coefficient (Wildman–Crippen LogP) is 0.880. The fraction of sp³-hybridized carbons (Fsp3) is 0.200. The highest BCUT2D eigenvalue weighted by Gasteiger charge is 2.17. The van der Waals surface area contributed by atoms with E-state index in [1.807, 2.05) is 0 Å². The molecule has 1 aromatic heterocycles. The Balaban J connectivity index is 2.65. The van der Waals surface area contributed by atoms with Crippen molar-refractivity contribution in [1.82, 2.24) is 14.3 Å². The van der Waals surface area contributed by atoms with Crippen LogP contribution >= 0.6 is 0 Å². The summed E-state index contributed by atoms with van der Waals surface area (Å²) in [4.78, 5) is 8.14. The van der Waals surface area contributed by atoms with Gasteiger partial charge in [0.05, 0.1) is 10.4 Å². The van der Waals surface area contributed by atoms with E-state index in [1.165, 1.54) is 24.7 Å². The Hall–Kier alpha value is -1.53. The van der Waals surface area contributed by atoms with Crippen molar-refractivity contribution < 1.29 is 8.42 Å². The lowest BCUT2D eigenvalue weighted by Crippen LogP contribution is -2.22. The fourth-order valence-electron chi connectivity index (χ4n) is 1.33. The number of aromatic nitrogens is 2. The van der Waals surface area contributed by atoms with Gasteiger partial charge in [-0.2, -0.15) is 0 Å². The van der Waals surface area contributed by atoms with E-state index >= 15 is 0 Å². The quantitative estimate of drug-likeness (QED) is 0.777. The van der Waals surface area contributed by atoms with E-state index in [1.54, 1.807) is 24.4 Å². The van der Waals surface area contributed by atoms with Crippen molar-refractivity contribution in [2.45, 2.75) is 4.90 Å². The standard InChI is InChI=1S/C10H11N3O2S/c1-13(2)16(14,15)9-3-4-10-8(5-9)6-11-7-12-10/h3-7H,1-2H3. The molecule has 1 aromatic carbocycles. The predicted molar refractivity (Wildman–Crippen MR) is 60.4 cm³/mol. The Labute approximate surface area is 93.8 Å². The molecule has 2 rings (SSSR count). The summed E-state index contributed by atoms with van der Waals surface area (Å²) in [5, 5.41) is 0.713. The smallest absolute Gasteiger partial charge is 0.242 e. The van der Waals surface area contributed by atoms with Gasteiger partial charge in [-0.15, -0.1) is 0 Å². The molecule has 2 aromatic rings. The van der Waals surface area contributed by atoms with Crippen molar-refractivity contribution in [1.29, 1.82) is 0 Å². The van der Waals surface area contributed by atoms with Crippen LogP contribution in [-0.2, 0) is 10.0 Å². The molecule has 0 aliphatic rings. The fourth-order valence-corrected chi connectivity index (χ4v) is 2.27. The van der Waals surface area contributed by atoms with Gasteiger partial charge in [0.2, 0.25) is 10.0 Å². The average Bonchev–Trinajstić information content (AvgIpc) is 2.28. The van der Waals surface area contributed by atoms with E-state index in [2.05, 4.69) is 9.97 Å². The molecule has 84 valence electrons. The second-order valence-corrected chi connectivity index (χ2v) is 5.68. The summed E-state index contributed by atoms with van der Waals surface area (Å²) in [6, 6.07) is 4.79. The van der Waals surface area contributed by atoms with Crippen LogP contribution in [0, 0.1) is 0 Å². The minimum Gasteiger partial charge on any atom is -0.244 e. The van der Waals surface area contributed by atoms with E-state index in [0.717, 1.165) is 5.52 Å². The first-order valence-electron chi connectivity index (χ1n) is 4.64. The molecule has 0 radical (unpaired) electrons. The van der Waals surface area contributed by atoms with Gasteiger partial charge in [-0.25, -0.2) is 22.7 Å². The van der Waals surface area contributed by atoms with Crippen molar-refractivity contribution >= 4 is 20.9 Å². The van der Waals surface area contributed by atoms with Crippen molar-refractivity contribution in [3.63, 3.8) is 0 Å². The minimum absolute atomic E-state index is 0.250. The number of benzene rings is 1. The van der Waals surface area contributed by atoms with Crippen LogP contribution in [0.2, 0.25) is 0 Å². The summed E-state index contributed by atoms with van der Waals surface area (Å²) in [6.45, 7) is 0. The van der Waals surface area contributed by atoms with Gasteiger partial charge < -0.3 is 0 Å². The van der Waals surface area contributed by atoms with Crippen LogP contribution in [0.4, 0.5) is 0 Å². The number of hydrogen-bond donors (Lipinski definition) is 0. The van der Waals surface area contributed by atoms with E-state index in [4.69, 9.17) is 0 Å². The summed E-state index contributed by atoms with van der Waals surface area (Å²) in [6.07, 6.45) is 3.03. The second kappa shape index (κ2) is 3.80. The largest absolute Gasteiger partial charge is 0.244 e. The van der Waals surface area contributed by atoms with Crippen LogP contribution in [0.25, 0.3) is 10.9 Å². The molecule has 0 atom stereocenters. The average molecular weight is 237 g/mol. The molecule has 0 aliphatic carbocycles. The summed E-state index contributed by atoms with van der Waals surface area (Å²) >= 11 is 0. The number of hydrogen-bond acceptors (Lipinski definition) is 4. The Kier molecular flexibility index (Phi) is 2.61. The van der Waals surface area contributed by atoms with Crippen molar-refractivity contribution in [3.8, 4) is 0 Å². The number of sulfonamides is 1. The molecule has 0 saturated heterocycles. The monoisotopic (exact) mass is 237 g/mol. The molecule has 0 aliphatic heterocycles. The SMILES string of the molecule is CN(C)S(=O)(=O)c1ccc2ncncc2c1. The van der Waals surface area contributed by atoms with Crippen LogP contribution < -0.4 is 0 Å². The lowest BCUT2D eigenvalue weighted by molar-refractivity contribution is 0.521. The molecule has 0 saturated carbocycles. The molecule has 0 bridgehead atoms. The Bertz CT molecular complexity index is 623. The van der Waals surface area contributed by atoms with E-state index in [-0.39, 0.29) is 4.90 Å². The molecule has 6 heteroatoms. The third-order valence-corrected chi connectivity index (χ3v) is 4.07. The van der Waals surface area contributed by atoms with Gasteiger partial charge in [0.25, 0.3) is 0 Å². The highest BCUT2D eigenvalue weighted by molar-refractivity contribution is 7.89. The van der Waals surface area contributed by atoms with Gasteiger partial charge in [-0.3, -0.25) is 0 Å². The first-order valence-corrected chi connectivity index (χ1v) is 6.08. The van der Waals surface area contributed by atoms with Gasteiger partial charge in [-0.05, 0) is 18.2 Å². The summed E-state index contributed by atoms with van der Waals surface area (Å²) in [5.41, 5.74) is 0.729. The van der Waals surface area contributed by atoms with Gasteiger partial charge in [0.1, 0.15) is 6.33 Å². The second-order valence-electron chi connectivity index (χ2n) is 3.53. The van der Waals surface area contributed by atoms with Crippen LogP contribution in [0.1, 0.15) is 0 Å². The maximum absolute atomic E-state index is 11.9. The molecule has 0 spiro atoms. The molecule has 0 amide bonds. The van der Waals surface area contributed by atoms with E-state index in [9.17, 15) is 8.42 Å². The molecule has 5 nitrogen and oxygen atoms in total. The van der Waals surface area contributed by atoms with Crippen LogP contribution in [0.3, 0.4) is 0 Å². The van der Waals surface area contributed by atoms with E-state index in [0.29, 0.717) is 5.39 Å². The van der Waals surface area contributed by atoms with Crippen molar-refractivity contribution in [2.24, 2.45) is 0 Å². The van der Waals surface area contributed by atoms with Crippen molar-refractivity contribution in [3.05, 3.63) is 30.7 Å². The maximum atomic E-state index is 11.9. The number of nitrogens with zero attached hydrogens (tertiary/aromatic N) is 3. The highest BCUT2D eigenvalue weighted by atomic mass is 32.2. The lowest BCUT2D eigenvalue weighted by Gasteiger charge is -2.11. The Morgan fingerprint density at radius 3 is 2.69 bits per heavy atom. The zero-order valence-corrected chi connectivity index (χ0v) is 9.77. The zero-order chi connectivity index (χ0) is 11.8. The first kappa shape index (κ1) is 11.0. The van der Waals surface area contributed by atoms with Crippen LogP contribution in [0.5, 0.6) is 0 Å². The van der Waals surface area contributed by atoms with Gasteiger partial charge in [0.15, 0.2) is 0 Å². The highest BCUT2D eigenvalue weighted by Crippen LogP contribution is 2.18. The molecule has 16 heavy (non-hydrogen) atoms. The Morgan fingerprint density at radius 2 is 2.00 bits per heavy atom. The van der Waals surface area contributed by atoms with Crippen LogP contribution in [0.15, 0.2) is 35.6 Å². The van der Waals surface area contributed by atoms with E-state index < -0.39 is 10.0 Å². The molecule has 0 N–H and O–H groups in total. The number of fused-ring (bicyclic) bond motifs is 1. The van der Waals surface area contributed by atoms with Crippen molar-refractivity contribution in [2.75, 3.05) is 14.1 Å². The molecule has 0 fully saturated rings. The van der Waals surface area contributed by atoms with Gasteiger partial charge in [0, 0.05) is 25.7 Å². The van der Waals surface area contributed by atoms with Gasteiger partial charge >= 0.3 is 0 Å². The molecule has 0 unspecified atom stereocenters. The maximum Gasteiger partial charge on any atom is 0.242 e. The first-order chi connectivity index (χ1) is 7.51. The minimum atomic E-state index is -3.39. The molecular formula is C10H11N3O2S. The molecular weight excluding hydrogens is 226 g/mol. The summed E-state index contributed by atoms with van der Waals surface area (Å²) in [7, 11) is -0.389. The topological polar surface area (TPSA) is 63.2 Å². The molecule has 1 heterocycles. The number of rotatable bonds is 2. The normalized spacial score (nSPS) is 12.2. The zero-order valence-electron chi connectivity index (χ0n) is 8.95.